The highest BCUT2D eigenvalue weighted by molar-refractivity contribution is 6.29. The molecule has 78 valence electrons. The quantitative estimate of drug-likeness (QED) is 0.668. The van der Waals surface area contributed by atoms with Gasteiger partial charge in [-0.2, -0.15) is 0 Å². The molecule has 1 aliphatic rings. The number of pyridine rings is 1. The Kier molecular flexibility index (Phi) is 4.91. The lowest BCUT2D eigenvalue weighted by Crippen LogP contribution is -1.99. The molecule has 0 saturated carbocycles. The van der Waals surface area contributed by atoms with E-state index in [9.17, 15) is 0 Å². The molecule has 0 bridgehead atoms. The van der Waals surface area contributed by atoms with Crippen LogP contribution in [0.5, 0.6) is 0 Å². The van der Waals surface area contributed by atoms with Crippen molar-refractivity contribution < 1.29 is 4.74 Å². The van der Waals surface area contributed by atoms with Crippen LogP contribution in [0, 0.1) is 0 Å². The van der Waals surface area contributed by atoms with E-state index in [1.54, 1.807) is 6.07 Å². The lowest BCUT2D eigenvalue weighted by atomic mass is 10.0. The average molecular weight is 214 g/mol. The van der Waals surface area contributed by atoms with Gasteiger partial charge in [-0.3, -0.25) is 0 Å². The molecule has 0 radical (unpaired) electrons. The third-order valence-electron chi connectivity index (χ3n) is 2.08. The van der Waals surface area contributed by atoms with E-state index in [0.717, 1.165) is 25.3 Å². The monoisotopic (exact) mass is 213 g/mol. The summed E-state index contributed by atoms with van der Waals surface area (Å²) in [5.74, 6) is 0.448. The zero-order chi connectivity index (χ0) is 10.4. The molecule has 1 aliphatic heterocycles. The fraction of sp³-hybridized carbons (Fsp3) is 0.545. The molecule has 2 rings (SSSR count). The van der Waals surface area contributed by atoms with Gasteiger partial charge in [0.2, 0.25) is 0 Å². The lowest BCUT2D eigenvalue weighted by molar-refractivity contribution is 0.193. The molecule has 1 atom stereocenters. The molecule has 0 amide bonds. The summed E-state index contributed by atoms with van der Waals surface area (Å²) in [5, 5.41) is 0.569. The summed E-state index contributed by atoms with van der Waals surface area (Å²) in [6, 6.07) is 5.73. The van der Waals surface area contributed by atoms with Crippen molar-refractivity contribution in [2.75, 3.05) is 13.2 Å². The van der Waals surface area contributed by atoms with Crippen LogP contribution in [0.15, 0.2) is 18.2 Å². The van der Waals surface area contributed by atoms with Gasteiger partial charge in [-0.25, -0.2) is 4.98 Å². The molecule has 1 aromatic rings. The van der Waals surface area contributed by atoms with Gasteiger partial charge in [-0.1, -0.05) is 31.5 Å². The number of aromatic nitrogens is 1. The van der Waals surface area contributed by atoms with Gasteiger partial charge in [0.15, 0.2) is 0 Å². The van der Waals surface area contributed by atoms with Crippen molar-refractivity contribution >= 4 is 11.6 Å². The first kappa shape index (κ1) is 11.5. The second-order valence-corrected chi connectivity index (χ2v) is 3.33. The second kappa shape index (κ2) is 5.99. The van der Waals surface area contributed by atoms with Gasteiger partial charge >= 0.3 is 0 Å². The van der Waals surface area contributed by atoms with Crippen molar-refractivity contribution in [3.05, 3.63) is 29.0 Å². The van der Waals surface area contributed by atoms with Gasteiger partial charge in [0.05, 0.1) is 6.61 Å². The molecule has 0 aromatic carbocycles. The van der Waals surface area contributed by atoms with Gasteiger partial charge < -0.3 is 4.74 Å². The molecular formula is C11H16ClNO. The molecule has 3 heteroatoms. The molecule has 1 saturated heterocycles. The van der Waals surface area contributed by atoms with Crippen molar-refractivity contribution in [3.8, 4) is 0 Å². The largest absolute Gasteiger partial charge is 0.381 e. The van der Waals surface area contributed by atoms with E-state index >= 15 is 0 Å². The van der Waals surface area contributed by atoms with E-state index in [1.807, 2.05) is 26.0 Å². The molecule has 1 aromatic heterocycles. The Bertz CT molecular complexity index is 272. The zero-order valence-electron chi connectivity index (χ0n) is 8.66. The Labute approximate surface area is 90.3 Å². The average Bonchev–Trinajstić information content (AvgIpc) is 2.74. The Balaban J connectivity index is 0.000000461. The van der Waals surface area contributed by atoms with Crippen LogP contribution in [0.1, 0.15) is 31.9 Å². The summed E-state index contributed by atoms with van der Waals surface area (Å²) in [6.45, 7) is 5.63. The number of halogens is 1. The first-order chi connectivity index (χ1) is 6.86. The number of ether oxygens (including phenoxy) is 1. The Morgan fingerprint density at radius 2 is 2.21 bits per heavy atom. The Morgan fingerprint density at radius 1 is 1.43 bits per heavy atom. The van der Waals surface area contributed by atoms with Crippen molar-refractivity contribution in [2.45, 2.75) is 26.2 Å². The van der Waals surface area contributed by atoms with Crippen LogP contribution in [-0.2, 0) is 4.74 Å². The smallest absolute Gasteiger partial charge is 0.129 e. The number of hydrogen-bond acceptors (Lipinski definition) is 2. The standard InChI is InChI=1S/C9H10ClNO.C2H6/c10-9-3-1-2-8(11-9)7-4-5-12-6-7;1-2/h1-3,7H,4-6H2;1-2H3. The molecule has 14 heavy (non-hydrogen) atoms. The van der Waals surface area contributed by atoms with Crippen LogP contribution >= 0.6 is 11.6 Å². The van der Waals surface area contributed by atoms with Gasteiger partial charge in [0.1, 0.15) is 5.15 Å². The summed E-state index contributed by atoms with van der Waals surface area (Å²) in [7, 11) is 0. The third kappa shape index (κ3) is 2.96. The highest BCUT2D eigenvalue weighted by Gasteiger charge is 2.18. The second-order valence-electron chi connectivity index (χ2n) is 2.95. The van der Waals surface area contributed by atoms with Crippen LogP contribution in [0.4, 0.5) is 0 Å². The van der Waals surface area contributed by atoms with Crippen molar-refractivity contribution in [1.29, 1.82) is 0 Å². The summed E-state index contributed by atoms with van der Waals surface area (Å²) in [4.78, 5) is 4.24. The van der Waals surface area contributed by atoms with Gasteiger partial charge in [-0.15, -0.1) is 0 Å². The van der Waals surface area contributed by atoms with Crippen LogP contribution in [0.3, 0.4) is 0 Å². The Hall–Kier alpha value is -0.600. The minimum absolute atomic E-state index is 0.448. The van der Waals surface area contributed by atoms with Gasteiger partial charge in [0.25, 0.3) is 0 Å². The van der Waals surface area contributed by atoms with Crippen LogP contribution in [-0.4, -0.2) is 18.2 Å². The Morgan fingerprint density at radius 3 is 2.79 bits per heavy atom. The first-order valence-electron chi connectivity index (χ1n) is 5.06. The van der Waals surface area contributed by atoms with Crippen molar-refractivity contribution in [2.24, 2.45) is 0 Å². The molecule has 2 nitrogen and oxygen atoms in total. The number of nitrogens with zero attached hydrogens (tertiary/aromatic N) is 1. The summed E-state index contributed by atoms with van der Waals surface area (Å²) in [6.07, 6.45) is 1.06. The minimum atomic E-state index is 0.448. The molecular weight excluding hydrogens is 198 g/mol. The predicted molar refractivity (Wildman–Crippen MR) is 58.8 cm³/mol. The van der Waals surface area contributed by atoms with E-state index in [0.29, 0.717) is 11.1 Å². The number of hydrogen-bond donors (Lipinski definition) is 0. The van der Waals surface area contributed by atoms with E-state index in [-0.39, 0.29) is 0 Å². The van der Waals surface area contributed by atoms with E-state index in [1.165, 1.54) is 0 Å². The molecule has 1 unspecified atom stereocenters. The molecule has 1 fully saturated rings. The normalized spacial score (nSPS) is 20.1. The van der Waals surface area contributed by atoms with E-state index in [4.69, 9.17) is 16.3 Å². The predicted octanol–water partition coefficient (Wildman–Crippen LogP) is 3.27. The van der Waals surface area contributed by atoms with Crippen LogP contribution in [0.25, 0.3) is 0 Å². The maximum Gasteiger partial charge on any atom is 0.129 e. The fourth-order valence-electron chi connectivity index (χ4n) is 1.42. The topological polar surface area (TPSA) is 22.1 Å². The third-order valence-corrected chi connectivity index (χ3v) is 2.30. The van der Waals surface area contributed by atoms with E-state index < -0.39 is 0 Å². The van der Waals surface area contributed by atoms with Gasteiger partial charge in [-0.05, 0) is 18.6 Å². The number of rotatable bonds is 1. The summed E-state index contributed by atoms with van der Waals surface area (Å²) in [5.41, 5.74) is 1.06. The molecule has 0 aliphatic carbocycles. The maximum absolute atomic E-state index is 5.77. The molecule has 0 spiro atoms. The van der Waals surface area contributed by atoms with Crippen molar-refractivity contribution in [3.63, 3.8) is 0 Å². The lowest BCUT2D eigenvalue weighted by Gasteiger charge is -2.05. The minimum Gasteiger partial charge on any atom is -0.381 e. The molecule has 0 N–H and O–H groups in total. The first-order valence-corrected chi connectivity index (χ1v) is 5.44. The zero-order valence-corrected chi connectivity index (χ0v) is 9.42. The maximum atomic E-state index is 5.77. The summed E-state index contributed by atoms with van der Waals surface area (Å²) >= 11 is 5.77. The van der Waals surface area contributed by atoms with E-state index in [2.05, 4.69) is 4.98 Å². The van der Waals surface area contributed by atoms with Gasteiger partial charge in [0, 0.05) is 18.2 Å². The van der Waals surface area contributed by atoms with Crippen LogP contribution < -0.4 is 0 Å². The van der Waals surface area contributed by atoms with Crippen molar-refractivity contribution in [1.82, 2.24) is 4.98 Å². The fourth-order valence-corrected chi connectivity index (χ4v) is 1.59. The highest BCUT2D eigenvalue weighted by Crippen LogP contribution is 2.24. The highest BCUT2D eigenvalue weighted by atomic mass is 35.5. The molecule has 2 heterocycles. The summed E-state index contributed by atoms with van der Waals surface area (Å²) < 4.78 is 5.27. The SMILES string of the molecule is CC.Clc1cccc(C2CCOC2)n1. The van der Waals surface area contributed by atoms with Crippen LogP contribution in [0.2, 0.25) is 5.15 Å².